The minimum atomic E-state index is -1.08. The topological polar surface area (TPSA) is 150 Å². The number of rotatable bonds is 9. The van der Waals surface area contributed by atoms with Crippen LogP contribution in [0.25, 0.3) is 11.2 Å². The van der Waals surface area contributed by atoms with Gasteiger partial charge in [0.1, 0.15) is 11.2 Å². The van der Waals surface area contributed by atoms with Gasteiger partial charge in [0.25, 0.3) is 5.91 Å². The van der Waals surface area contributed by atoms with Crippen molar-refractivity contribution in [2.75, 3.05) is 0 Å². The van der Waals surface area contributed by atoms with Gasteiger partial charge in [0, 0.05) is 30.4 Å². The van der Waals surface area contributed by atoms with Crippen LogP contribution in [0.3, 0.4) is 0 Å². The number of aromatic nitrogens is 9. The third-order valence-corrected chi connectivity index (χ3v) is 7.41. The normalized spacial score (nSPS) is 13.3. The van der Waals surface area contributed by atoms with Gasteiger partial charge in [0.15, 0.2) is 17.2 Å². The fourth-order valence-corrected chi connectivity index (χ4v) is 5.08. The van der Waals surface area contributed by atoms with Crippen molar-refractivity contribution in [3.05, 3.63) is 100 Å². The molecule has 0 unspecified atom stereocenters. The Kier molecular flexibility index (Phi) is 6.19. The summed E-state index contributed by atoms with van der Waals surface area (Å²) in [7, 11) is 0. The highest BCUT2D eigenvalue weighted by atomic mass is 35.5. The number of fused-ring (bicyclic) bond motifs is 2. The zero-order chi connectivity index (χ0) is 29.0. The van der Waals surface area contributed by atoms with Crippen LogP contribution in [0, 0.1) is 5.82 Å². The molecule has 15 heteroatoms. The second-order valence-corrected chi connectivity index (χ2v) is 10.6. The molecule has 0 saturated heterocycles. The number of carboxylic acids is 1. The number of carbonyl (C=O) groups is 2. The molecule has 1 aliphatic rings. The molecule has 0 spiro atoms. The molecule has 1 fully saturated rings. The number of pyridine rings is 2. The molecule has 212 valence electrons. The lowest BCUT2D eigenvalue weighted by molar-refractivity contribution is 0.0689. The Hall–Kier alpha value is -5.11. The number of halogens is 2. The summed E-state index contributed by atoms with van der Waals surface area (Å²) in [4.78, 5) is 33.0. The first-order valence-corrected chi connectivity index (χ1v) is 13.4. The average Bonchev–Trinajstić information content (AvgIpc) is 3.32. The molecule has 2 N–H and O–H groups in total. The zero-order valence-corrected chi connectivity index (χ0v) is 22.6. The van der Waals surface area contributed by atoms with Gasteiger partial charge in [-0.2, -0.15) is 5.10 Å². The van der Waals surface area contributed by atoms with Crippen LogP contribution in [0.2, 0.25) is 5.02 Å². The first-order valence-electron chi connectivity index (χ1n) is 13.1. The minimum Gasteiger partial charge on any atom is -0.476 e. The van der Waals surface area contributed by atoms with E-state index < -0.39 is 17.7 Å². The van der Waals surface area contributed by atoms with Crippen LogP contribution >= 0.6 is 11.6 Å². The predicted octanol–water partition coefficient (Wildman–Crippen LogP) is 3.16. The summed E-state index contributed by atoms with van der Waals surface area (Å²) in [6.45, 7) is 0.603. The van der Waals surface area contributed by atoms with E-state index in [1.165, 1.54) is 39.3 Å². The highest BCUT2D eigenvalue weighted by Crippen LogP contribution is 2.40. The standard InChI is InChI=1S/C27H22ClFN10O3/c28-19-3-5-36-14-31-21(24(36)23(19)29)8-30-26(40)22-13-39(35-33-22)12-18-11-37-9-16(15-1-2-15)7-17(25(37)32-18)10-38-6-4-20(34-38)27(41)42/h3-7,9,11,13-15H,1-2,8,10,12H2,(H,30,40)(H,41,42). The molecule has 42 heavy (non-hydrogen) atoms. The molecule has 6 heterocycles. The summed E-state index contributed by atoms with van der Waals surface area (Å²) in [5, 5.41) is 24.1. The van der Waals surface area contributed by atoms with Crippen molar-refractivity contribution in [3.8, 4) is 0 Å². The maximum Gasteiger partial charge on any atom is 0.356 e. The highest BCUT2D eigenvalue weighted by molar-refractivity contribution is 6.31. The van der Waals surface area contributed by atoms with Crippen LogP contribution in [0.1, 0.15) is 62.3 Å². The van der Waals surface area contributed by atoms with Crippen LogP contribution in [0.5, 0.6) is 0 Å². The lowest BCUT2D eigenvalue weighted by Crippen LogP contribution is -2.23. The molecule has 0 radical (unpaired) electrons. The lowest BCUT2D eigenvalue weighted by Gasteiger charge is -2.08. The Morgan fingerprint density at radius 3 is 2.71 bits per heavy atom. The van der Waals surface area contributed by atoms with Crippen molar-refractivity contribution in [2.24, 2.45) is 0 Å². The van der Waals surface area contributed by atoms with Crippen molar-refractivity contribution in [1.82, 2.24) is 48.9 Å². The van der Waals surface area contributed by atoms with Gasteiger partial charge in [-0.1, -0.05) is 16.8 Å². The molecule has 0 atom stereocenters. The Labute approximate surface area is 241 Å². The molecule has 0 bridgehead atoms. The highest BCUT2D eigenvalue weighted by Gasteiger charge is 2.25. The molecule has 1 aliphatic carbocycles. The van der Waals surface area contributed by atoms with E-state index in [4.69, 9.17) is 16.6 Å². The largest absolute Gasteiger partial charge is 0.476 e. The molecular formula is C27H22ClFN10O3. The van der Waals surface area contributed by atoms with Crippen molar-refractivity contribution in [1.29, 1.82) is 0 Å². The van der Waals surface area contributed by atoms with Gasteiger partial charge < -0.3 is 19.2 Å². The van der Waals surface area contributed by atoms with Crippen molar-refractivity contribution in [2.45, 2.75) is 38.4 Å². The second kappa shape index (κ2) is 10.1. The van der Waals surface area contributed by atoms with Gasteiger partial charge in [-0.25, -0.2) is 23.8 Å². The molecule has 13 nitrogen and oxygen atoms in total. The van der Waals surface area contributed by atoms with Crippen molar-refractivity contribution < 1.29 is 19.1 Å². The third kappa shape index (κ3) is 4.85. The molecule has 6 aromatic rings. The monoisotopic (exact) mass is 588 g/mol. The van der Waals surface area contributed by atoms with Crippen LogP contribution in [0.15, 0.2) is 55.5 Å². The summed E-state index contributed by atoms with van der Waals surface area (Å²) in [6.07, 6.45) is 12.4. The van der Waals surface area contributed by atoms with E-state index >= 15 is 0 Å². The van der Waals surface area contributed by atoms with Crippen LogP contribution in [-0.2, 0) is 19.6 Å². The number of amides is 1. The van der Waals surface area contributed by atoms with E-state index in [2.05, 4.69) is 38.0 Å². The Balaban J connectivity index is 1.08. The van der Waals surface area contributed by atoms with Crippen molar-refractivity contribution >= 4 is 34.6 Å². The Bertz CT molecular complexity index is 2000. The number of aromatic carboxylic acids is 1. The number of hydrogen-bond donors (Lipinski definition) is 2. The smallest absolute Gasteiger partial charge is 0.356 e. The summed E-state index contributed by atoms with van der Waals surface area (Å²) >= 11 is 5.90. The fourth-order valence-electron chi connectivity index (χ4n) is 4.93. The third-order valence-electron chi connectivity index (χ3n) is 7.12. The van der Waals surface area contributed by atoms with Gasteiger partial charge in [0.05, 0.1) is 48.6 Å². The van der Waals surface area contributed by atoms with E-state index in [0.717, 1.165) is 24.1 Å². The Morgan fingerprint density at radius 2 is 1.93 bits per heavy atom. The molecule has 7 rings (SSSR count). The number of carbonyl (C=O) groups excluding carboxylic acids is 1. The number of carboxylic acid groups (broad SMARTS) is 1. The number of imidazole rings is 2. The molecule has 6 aromatic heterocycles. The first kappa shape index (κ1) is 25.8. The second-order valence-electron chi connectivity index (χ2n) is 10.1. The molecule has 1 amide bonds. The van der Waals surface area contributed by atoms with E-state index in [-0.39, 0.29) is 35.0 Å². The van der Waals surface area contributed by atoms with Gasteiger partial charge in [-0.05, 0) is 42.5 Å². The average molecular weight is 589 g/mol. The lowest BCUT2D eigenvalue weighted by atomic mass is 10.1. The first-order chi connectivity index (χ1) is 20.3. The Morgan fingerprint density at radius 1 is 1.07 bits per heavy atom. The zero-order valence-electron chi connectivity index (χ0n) is 21.9. The van der Waals surface area contributed by atoms with Crippen LogP contribution in [-0.4, -0.2) is 60.5 Å². The van der Waals surface area contributed by atoms with Gasteiger partial charge in [0.2, 0.25) is 0 Å². The summed E-state index contributed by atoms with van der Waals surface area (Å²) < 4.78 is 21.0. The maximum atomic E-state index is 14.5. The summed E-state index contributed by atoms with van der Waals surface area (Å²) in [6, 6.07) is 5.00. The SMILES string of the molecule is O=C(O)c1ccn(Cc2cc(C3CC3)cn3cc(Cn4cc(C(=O)NCc5ncn6ccc(Cl)c(F)c56)nn4)nc23)n1. The number of nitrogens with one attached hydrogen (secondary N) is 1. The van der Waals surface area contributed by atoms with Gasteiger partial charge in [-0.3, -0.25) is 9.48 Å². The summed E-state index contributed by atoms with van der Waals surface area (Å²) in [5.41, 5.74) is 4.12. The number of hydrogen-bond acceptors (Lipinski definition) is 7. The van der Waals surface area contributed by atoms with E-state index in [9.17, 15) is 19.1 Å². The molecule has 1 saturated carbocycles. The summed E-state index contributed by atoms with van der Waals surface area (Å²) in [5.74, 6) is -1.68. The minimum absolute atomic E-state index is 0.0192. The fraction of sp³-hybridized carbons (Fsp3) is 0.222. The van der Waals surface area contributed by atoms with Crippen molar-refractivity contribution in [3.63, 3.8) is 0 Å². The van der Waals surface area contributed by atoms with Gasteiger partial charge in [-0.15, -0.1) is 5.10 Å². The quantitative estimate of drug-likeness (QED) is 0.261. The van der Waals surface area contributed by atoms with Crippen LogP contribution in [0.4, 0.5) is 4.39 Å². The molecular weight excluding hydrogens is 567 g/mol. The van der Waals surface area contributed by atoms with E-state index in [1.807, 2.05) is 10.6 Å². The van der Waals surface area contributed by atoms with E-state index in [1.54, 1.807) is 17.1 Å². The maximum absolute atomic E-state index is 14.5. The van der Waals surface area contributed by atoms with Gasteiger partial charge >= 0.3 is 5.97 Å². The number of nitrogens with zero attached hydrogens (tertiary/aromatic N) is 9. The molecule has 0 aliphatic heterocycles. The molecule has 0 aromatic carbocycles. The van der Waals surface area contributed by atoms with E-state index in [0.29, 0.717) is 23.9 Å². The predicted molar refractivity (Wildman–Crippen MR) is 146 cm³/mol. The van der Waals surface area contributed by atoms with Crippen LogP contribution < -0.4 is 5.32 Å².